The van der Waals surface area contributed by atoms with E-state index in [0.29, 0.717) is 19.1 Å². The van der Waals surface area contributed by atoms with Crippen molar-refractivity contribution in [3.63, 3.8) is 0 Å². The highest BCUT2D eigenvalue weighted by Crippen LogP contribution is 2.40. The molecule has 3 heteroatoms. The lowest BCUT2D eigenvalue weighted by atomic mass is 9.78. The van der Waals surface area contributed by atoms with Crippen molar-refractivity contribution in [1.82, 2.24) is 0 Å². The molecule has 1 aromatic rings. The molecule has 0 radical (unpaired) electrons. The normalized spacial score (nSPS) is 17.5. The molecular weight excluding hydrogens is 216 g/mol. The maximum atomic E-state index is 10.3. The molecule has 1 atom stereocenters. The average Bonchev–Trinajstić information content (AvgIpc) is 2.27. The summed E-state index contributed by atoms with van der Waals surface area (Å²) < 4.78 is 10.6. The van der Waals surface area contributed by atoms with E-state index in [-0.39, 0.29) is 6.10 Å². The first-order chi connectivity index (χ1) is 8.33. The molecule has 3 nitrogen and oxygen atoms in total. The molecule has 0 heterocycles. The van der Waals surface area contributed by atoms with E-state index in [0.717, 1.165) is 24.2 Å². The zero-order chi connectivity index (χ0) is 12.1. The van der Waals surface area contributed by atoms with Gasteiger partial charge in [-0.15, -0.1) is 0 Å². The second kappa shape index (κ2) is 6.03. The molecule has 0 bridgehead atoms. The summed E-state index contributed by atoms with van der Waals surface area (Å²) in [5, 5.41) is 10.3. The van der Waals surface area contributed by atoms with Crippen LogP contribution >= 0.6 is 0 Å². The lowest BCUT2D eigenvalue weighted by Gasteiger charge is -2.31. The maximum Gasteiger partial charge on any atom is 0.125 e. The van der Waals surface area contributed by atoms with Crippen LogP contribution in [0.4, 0.5) is 0 Å². The molecule has 0 amide bonds. The Morgan fingerprint density at radius 1 is 1.29 bits per heavy atom. The largest absolute Gasteiger partial charge is 0.491 e. The molecule has 0 saturated heterocycles. The third-order valence-corrected chi connectivity index (χ3v) is 3.38. The predicted octanol–water partition coefficient (Wildman–Crippen LogP) is 2.55. The van der Waals surface area contributed by atoms with Crippen LogP contribution in [0.3, 0.4) is 0 Å². The second-order valence-corrected chi connectivity index (χ2v) is 4.51. The first kappa shape index (κ1) is 12.4. The van der Waals surface area contributed by atoms with Gasteiger partial charge >= 0.3 is 0 Å². The number of methoxy groups -OCH3 is 1. The van der Waals surface area contributed by atoms with Crippen molar-refractivity contribution in [2.45, 2.75) is 25.4 Å². The van der Waals surface area contributed by atoms with E-state index in [1.54, 1.807) is 7.11 Å². The topological polar surface area (TPSA) is 38.7 Å². The van der Waals surface area contributed by atoms with E-state index >= 15 is 0 Å². The SMILES string of the molecule is COCCOc1ccccc1C(O)C1CCC1. The van der Waals surface area contributed by atoms with Crippen LogP contribution < -0.4 is 4.74 Å². The molecule has 1 aliphatic carbocycles. The summed E-state index contributed by atoms with van der Waals surface area (Å²) in [6.07, 6.45) is 3.08. The zero-order valence-corrected chi connectivity index (χ0v) is 10.3. The predicted molar refractivity (Wildman–Crippen MR) is 66.1 cm³/mol. The highest BCUT2D eigenvalue weighted by atomic mass is 16.5. The molecule has 1 N–H and O–H groups in total. The van der Waals surface area contributed by atoms with Crippen LogP contribution in [0.2, 0.25) is 0 Å². The zero-order valence-electron chi connectivity index (χ0n) is 10.3. The summed E-state index contributed by atoms with van der Waals surface area (Å²) in [6, 6.07) is 7.73. The second-order valence-electron chi connectivity index (χ2n) is 4.51. The molecule has 94 valence electrons. The lowest BCUT2D eigenvalue weighted by molar-refractivity contribution is 0.0584. The van der Waals surface area contributed by atoms with E-state index in [2.05, 4.69) is 0 Å². The third-order valence-electron chi connectivity index (χ3n) is 3.38. The van der Waals surface area contributed by atoms with Gasteiger partial charge in [-0.25, -0.2) is 0 Å². The van der Waals surface area contributed by atoms with Gasteiger partial charge in [0.15, 0.2) is 0 Å². The standard InChI is InChI=1S/C14H20O3/c1-16-9-10-17-13-8-3-2-7-12(13)14(15)11-5-4-6-11/h2-3,7-8,11,14-15H,4-6,9-10H2,1H3. The minimum Gasteiger partial charge on any atom is -0.491 e. The summed E-state index contributed by atoms with van der Waals surface area (Å²) in [6.45, 7) is 1.08. The summed E-state index contributed by atoms with van der Waals surface area (Å²) in [5.41, 5.74) is 0.910. The molecule has 0 spiro atoms. The Hall–Kier alpha value is -1.06. The quantitative estimate of drug-likeness (QED) is 0.771. The molecular formula is C14H20O3. The first-order valence-electron chi connectivity index (χ1n) is 6.21. The number of hydrogen-bond donors (Lipinski definition) is 1. The fraction of sp³-hybridized carbons (Fsp3) is 0.571. The number of benzene rings is 1. The number of aliphatic hydroxyl groups is 1. The van der Waals surface area contributed by atoms with Gasteiger partial charge in [0.05, 0.1) is 12.7 Å². The molecule has 17 heavy (non-hydrogen) atoms. The summed E-state index contributed by atoms with van der Waals surface area (Å²) >= 11 is 0. The number of para-hydroxylation sites is 1. The molecule has 1 saturated carbocycles. The molecule has 0 aliphatic heterocycles. The van der Waals surface area contributed by atoms with Crippen LogP contribution in [0, 0.1) is 5.92 Å². The van der Waals surface area contributed by atoms with Crippen LogP contribution in [0.5, 0.6) is 5.75 Å². The first-order valence-corrected chi connectivity index (χ1v) is 6.21. The van der Waals surface area contributed by atoms with Crippen molar-refractivity contribution >= 4 is 0 Å². The van der Waals surface area contributed by atoms with Gasteiger partial charge < -0.3 is 14.6 Å². The van der Waals surface area contributed by atoms with Crippen molar-refractivity contribution in [3.8, 4) is 5.75 Å². The van der Waals surface area contributed by atoms with E-state index in [1.807, 2.05) is 24.3 Å². The summed E-state index contributed by atoms with van der Waals surface area (Å²) in [4.78, 5) is 0. The van der Waals surface area contributed by atoms with Crippen LogP contribution in [-0.4, -0.2) is 25.4 Å². The molecule has 2 rings (SSSR count). The maximum absolute atomic E-state index is 10.3. The van der Waals surface area contributed by atoms with Gasteiger partial charge in [-0.05, 0) is 24.8 Å². The van der Waals surface area contributed by atoms with Crippen molar-refractivity contribution < 1.29 is 14.6 Å². The monoisotopic (exact) mass is 236 g/mol. The fourth-order valence-corrected chi connectivity index (χ4v) is 2.10. The van der Waals surface area contributed by atoms with Gasteiger partial charge in [0.25, 0.3) is 0 Å². The Balaban J connectivity index is 2.03. The molecule has 1 unspecified atom stereocenters. The Labute approximate surface area is 102 Å². The van der Waals surface area contributed by atoms with Gasteiger partial charge in [-0.3, -0.25) is 0 Å². The van der Waals surface area contributed by atoms with Gasteiger partial charge in [0.1, 0.15) is 12.4 Å². The van der Waals surface area contributed by atoms with E-state index < -0.39 is 0 Å². The Morgan fingerprint density at radius 2 is 2.06 bits per heavy atom. The number of aliphatic hydroxyl groups excluding tert-OH is 1. The Morgan fingerprint density at radius 3 is 2.71 bits per heavy atom. The number of ether oxygens (including phenoxy) is 2. The molecule has 0 aromatic heterocycles. The molecule has 1 aliphatic rings. The van der Waals surface area contributed by atoms with E-state index in [4.69, 9.17) is 9.47 Å². The van der Waals surface area contributed by atoms with Crippen molar-refractivity contribution in [2.75, 3.05) is 20.3 Å². The van der Waals surface area contributed by atoms with Crippen molar-refractivity contribution in [3.05, 3.63) is 29.8 Å². The highest BCUT2D eigenvalue weighted by molar-refractivity contribution is 5.35. The smallest absolute Gasteiger partial charge is 0.125 e. The summed E-state index contributed by atoms with van der Waals surface area (Å²) in [5.74, 6) is 1.19. The highest BCUT2D eigenvalue weighted by Gasteiger charge is 2.28. The lowest BCUT2D eigenvalue weighted by Crippen LogP contribution is -2.20. The van der Waals surface area contributed by atoms with E-state index in [1.165, 1.54) is 6.42 Å². The van der Waals surface area contributed by atoms with Gasteiger partial charge in [0.2, 0.25) is 0 Å². The van der Waals surface area contributed by atoms with Crippen molar-refractivity contribution in [1.29, 1.82) is 0 Å². The van der Waals surface area contributed by atoms with Gasteiger partial charge in [-0.1, -0.05) is 24.6 Å². The van der Waals surface area contributed by atoms with Crippen LogP contribution in [-0.2, 0) is 4.74 Å². The van der Waals surface area contributed by atoms with Crippen molar-refractivity contribution in [2.24, 2.45) is 5.92 Å². The molecule has 1 fully saturated rings. The minimum absolute atomic E-state index is 0.387. The van der Waals surface area contributed by atoms with Crippen LogP contribution in [0.25, 0.3) is 0 Å². The van der Waals surface area contributed by atoms with Crippen LogP contribution in [0.15, 0.2) is 24.3 Å². The molecule has 1 aromatic carbocycles. The van der Waals surface area contributed by atoms with Gasteiger partial charge in [0, 0.05) is 12.7 Å². The van der Waals surface area contributed by atoms with E-state index in [9.17, 15) is 5.11 Å². The van der Waals surface area contributed by atoms with Crippen LogP contribution in [0.1, 0.15) is 30.9 Å². The Kier molecular flexibility index (Phi) is 4.40. The number of rotatable bonds is 6. The number of hydrogen-bond acceptors (Lipinski definition) is 3. The van der Waals surface area contributed by atoms with Gasteiger partial charge in [-0.2, -0.15) is 0 Å². The summed E-state index contributed by atoms with van der Waals surface area (Å²) in [7, 11) is 1.65. The third kappa shape index (κ3) is 2.99. The minimum atomic E-state index is -0.387. The average molecular weight is 236 g/mol. The Bertz CT molecular complexity index is 347. The fourth-order valence-electron chi connectivity index (χ4n) is 2.10.